The minimum Gasteiger partial charge on any atom is -0.489 e. The monoisotopic (exact) mass is 345 g/mol. The van der Waals surface area contributed by atoms with E-state index in [9.17, 15) is 4.39 Å². The van der Waals surface area contributed by atoms with Gasteiger partial charge in [-0.2, -0.15) is 5.10 Å². The molecule has 128 valence electrons. The van der Waals surface area contributed by atoms with Gasteiger partial charge in [-0.15, -0.1) is 0 Å². The lowest BCUT2D eigenvalue weighted by molar-refractivity contribution is 0.304. The van der Waals surface area contributed by atoms with Crippen molar-refractivity contribution in [3.05, 3.63) is 90.6 Å². The van der Waals surface area contributed by atoms with Crippen LogP contribution in [0, 0.1) is 5.82 Å². The fraction of sp³-hybridized carbons (Fsp3) is 0.0476. The Balaban J connectivity index is 1.59. The molecule has 2 heterocycles. The summed E-state index contributed by atoms with van der Waals surface area (Å²) in [6, 6.07) is 18.4. The molecule has 0 saturated heterocycles. The van der Waals surface area contributed by atoms with Gasteiger partial charge in [0.25, 0.3) is 0 Å². The number of aromatic nitrogens is 3. The van der Waals surface area contributed by atoms with Gasteiger partial charge in [0.05, 0.1) is 11.9 Å². The third kappa shape index (κ3) is 3.32. The minimum atomic E-state index is -0.366. The summed E-state index contributed by atoms with van der Waals surface area (Å²) in [6.07, 6.45) is 5.08. The van der Waals surface area contributed by atoms with Crippen molar-refractivity contribution in [3.63, 3.8) is 0 Å². The van der Waals surface area contributed by atoms with Crippen LogP contribution in [0.3, 0.4) is 0 Å². The van der Waals surface area contributed by atoms with E-state index < -0.39 is 0 Å². The van der Waals surface area contributed by atoms with E-state index >= 15 is 0 Å². The van der Waals surface area contributed by atoms with E-state index in [2.05, 4.69) is 15.2 Å². The first-order chi connectivity index (χ1) is 12.8. The Kier molecular flexibility index (Phi) is 4.43. The van der Waals surface area contributed by atoms with Crippen molar-refractivity contribution >= 4 is 0 Å². The van der Waals surface area contributed by atoms with Crippen molar-refractivity contribution in [2.45, 2.75) is 6.61 Å². The number of ether oxygens (including phenoxy) is 1. The molecule has 2 aromatic carbocycles. The van der Waals surface area contributed by atoms with Crippen molar-refractivity contribution < 1.29 is 9.13 Å². The first-order valence-corrected chi connectivity index (χ1v) is 8.21. The summed E-state index contributed by atoms with van der Waals surface area (Å²) in [4.78, 5) is 4.01. The highest BCUT2D eigenvalue weighted by molar-refractivity contribution is 5.80. The number of rotatable bonds is 5. The zero-order valence-corrected chi connectivity index (χ0v) is 13.9. The van der Waals surface area contributed by atoms with Crippen molar-refractivity contribution in [1.29, 1.82) is 0 Å². The molecule has 1 N–H and O–H groups in total. The number of aromatic amines is 1. The van der Waals surface area contributed by atoms with Crippen LogP contribution in [0.4, 0.5) is 4.39 Å². The van der Waals surface area contributed by atoms with E-state index in [-0.39, 0.29) is 5.82 Å². The number of halogens is 1. The largest absolute Gasteiger partial charge is 0.489 e. The van der Waals surface area contributed by atoms with Crippen molar-refractivity contribution in [3.8, 4) is 28.1 Å². The molecule has 4 aromatic rings. The quantitative estimate of drug-likeness (QED) is 0.562. The van der Waals surface area contributed by atoms with E-state index in [1.54, 1.807) is 30.7 Å². The lowest BCUT2D eigenvalue weighted by Gasteiger charge is -2.09. The Labute approximate surface area is 150 Å². The molecule has 0 bridgehead atoms. The van der Waals surface area contributed by atoms with Crippen molar-refractivity contribution in [2.75, 3.05) is 0 Å². The fourth-order valence-corrected chi connectivity index (χ4v) is 2.77. The predicted molar refractivity (Wildman–Crippen MR) is 98.0 cm³/mol. The summed E-state index contributed by atoms with van der Waals surface area (Å²) < 4.78 is 20.4. The van der Waals surface area contributed by atoms with Crippen LogP contribution < -0.4 is 4.74 Å². The number of hydrogen-bond acceptors (Lipinski definition) is 3. The van der Waals surface area contributed by atoms with Crippen LogP contribution >= 0.6 is 0 Å². The highest BCUT2D eigenvalue weighted by Gasteiger charge is 2.14. The number of benzene rings is 2. The first kappa shape index (κ1) is 16.0. The second-order valence-corrected chi connectivity index (χ2v) is 5.81. The van der Waals surface area contributed by atoms with Gasteiger partial charge in [-0.3, -0.25) is 10.1 Å². The number of nitrogens with zero attached hydrogens (tertiary/aromatic N) is 2. The molecule has 26 heavy (non-hydrogen) atoms. The van der Waals surface area contributed by atoms with Crippen molar-refractivity contribution in [1.82, 2.24) is 15.2 Å². The van der Waals surface area contributed by atoms with Crippen LogP contribution in [0.1, 0.15) is 5.56 Å². The summed E-state index contributed by atoms with van der Waals surface area (Å²) in [7, 11) is 0. The molecule has 0 fully saturated rings. The van der Waals surface area contributed by atoms with Crippen LogP contribution in [-0.4, -0.2) is 15.2 Å². The summed E-state index contributed by atoms with van der Waals surface area (Å²) in [5.74, 6) is 0.121. The molecule has 0 atom stereocenters. The molecule has 0 aliphatic rings. The van der Waals surface area contributed by atoms with Gasteiger partial charge < -0.3 is 4.74 Å². The van der Waals surface area contributed by atoms with Crippen LogP contribution in [0.5, 0.6) is 5.75 Å². The highest BCUT2D eigenvalue weighted by Crippen LogP contribution is 2.32. The van der Waals surface area contributed by atoms with Crippen LogP contribution in [0.25, 0.3) is 22.4 Å². The Morgan fingerprint density at radius 1 is 0.923 bits per heavy atom. The number of pyridine rings is 1. The summed E-state index contributed by atoms with van der Waals surface area (Å²) in [5.41, 5.74) is 3.85. The molecule has 0 unspecified atom stereocenters. The van der Waals surface area contributed by atoms with Crippen LogP contribution in [0.15, 0.2) is 79.3 Å². The fourth-order valence-electron chi connectivity index (χ4n) is 2.77. The van der Waals surface area contributed by atoms with E-state index in [0.29, 0.717) is 23.6 Å². The second kappa shape index (κ2) is 7.19. The molecule has 0 radical (unpaired) electrons. The molecular weight excluding hydrogens is 329 g/mol. The van der Waals surface area contributed by atoms with E-state index in [0.717, 1.165) is 16.7 Å². The SMILES string of the molecule is Fc1cc(OCc2ccccc2)ccc1-c1[nH]ncc1-c1ccncc1. The zero-order chi connectivity index (χ0) is 17.8. The van der Waals surface area contributed by atoms with E-state index in [4.69, 9.17) is 4.74 Å². The lowest BCUT2D eigenvalue weighted by Crippen LogP contribution is -1.96. The van der Waals surface area contributed by atoms with Gasteiger partial charge in [-0.1, -0.05) is 30.3 Å². The molecule has 0 aliphatic heterocycles. The molecule has 0 saturated carbocycles. The summed E-state index contributed by atoms with van der Waals surface area (Å²) >= 11 is 0. The predicted octanol–water partition coefficient (Wildman–Crippen LogP) is 4.86. The molecule has 4 rings (SSSR count). The lowest BCUT2D eigenvalue weighted by atomic mass is 10.0. The van der Waals surface area contributed by atoms with Crippen LogP contribution in [0.2, 0.25) is 0 Å². The van der Waals surface area contributed by atoms with E-state index in [1.165, 1.54) is 6.07 Å². The normalized spacial score (nSPS) is 10.7. The maximum Gasteiger partial charge on any atom is 0.136 e. The molecular formula is C21H16FN3O. The smallest absolute Gasteiger partial charge is 0.136 e. The average Bonchev–Trinajstić information content (AvgIpc) is 3.17. The number of H-pyrrole nitrogens is 1. The zero-order valence-electron chi connectivity index (χ0n) is 13.9. The first-order valence-electron chi connectivity index (χ1n) is 8.21. The Morgan fingerprint density at radius 3 is 2.50 bits per heavy atom. The number of nitrogens with one attached hydrogen (secondary N) is 1. The van der Waals surface area contributed by atoms with Gasteiger partial charge in [0, 0.05) is 29.6 Å². The topological polar surface area (TPSA) is 50.8 Å². The molecule has 0 spiro atoms. The van der Waals surface area contributed by atoms with Crippen LogP contribution in [-0.2, 0) is 6.61 Å². The van der Waals surface area contributed by atoms with Gasteiger partial charge in [0.1, 0.15) is 18.2 Å². The minimum absolute atomic E-state index is 0.366. The Bertz CT molecular complexity index is 1000. The molecule has 2 aromatic heterocycles. The highest BCUT2D eigenvalue weighted by atomic mass is 19.1. The third-order valence-electron chi connectivity index (χ3n) is 4.09. The summed E-state index contributed by atoms with van der Waals surface area (Å²) in [5, 5.41) is 6.96. The third-order valence-corrected chi connectivity index (χ3v) is 4.09. The summed E-state index contributed by atoms with van der Waals surface area (Å²) in [6.45, 7) is 0.395. The Morgan fingerprint density at radius 2 is 1.73 bits per heavy atom. The van der Waals surface area contributed by atoms with E-state index in [1.807, 2.05) is 42.5 Å². The molecule has 5 heteroatoms. The molecule has 4 nitrogen and oxygen atoms in total. The average molecular weight is 345 g/mol. The van der Waals surface area contributed by atoms with Gasteiger partial charge in [0.2, 0.25) is 0 Å². The van der Waals surface area contributed by atoms with Gasteiger partial charge in [0.15, 0.2) is 0 Å². The molecule has 0 amide bonds. The second-order valence-electron chi connectivity index (χ2n) is 5.81. The molecule has 0 aliphatic carbocycles. The standard InChI is InChI=1S/C21H16FN3O/c22-20-12-17(26-14-15-4-2-1-3-5-15)6-7-18(20)21-19(13-24-25-21)16-8-10-23-11-9-16/h1-13H,14H2,(H,24,25). The van der Waals surface area contributed by atoms with Gasteiger partial charge >= 0.3 is 0 Å². The van der Waals surface area contributed by atoms with Crippen molar-refractivity contribution in [2.24, 2.45) is 0 Å². The maximum absolute atomic E-state index is 14.7. The van der Waals surface area contributed by atoms with Gasteiger partial charge in [-0.05, 0) is 35.4 Å². The van der Waals surface area contributed by atoms with Gasteiger partial charge in [-0.25, -0.2) is 4.39 Å². The Hall–Kier alpha value is -3.47. The number of hydrogen-bond donors (Lipinski definition) is 1. The maximum atomic E-state index is 14.7.